The Balaban J connectivity index is 1.48. The molecule has 0 saturated heterocycles. The summed E-state index contributed by atoms with van der Waals surface area (Å²) in [6.07, 6.45) is 8.37. The molecule has 1 N–H and O–H groups in total. The zero-order valence-corrected chi connectivity index (χ0v) is 13.8. The highest BCUT2D eigenvalue weighted by molar-refractivity contribution is 9.10. The van der Waals surface area contributed by atoms with Crippen molar-refractivity contribution in [3.8, 4) is 5.75 Å². The summed E-state index contributed by atoms with van der Waals surface area (Å²) in [4.78, 5) is 0. The van der Waals surface area contributed by atoms with E-state index in [9.17, 15) is 0 Å². The van der Waals surface area contributed by atoms with Crippen LogP contribution in [0.25, 0.3) is 0 Å². The fraction of sp³-hybridized carbons (Fsp3) is 0.647. The predicted molar refractivity (Wildman–Crippen MR) is 86.3 cm³/mol. The van der Waals surface area contributed by atoms with Crippen molar-refractivity contribution in [2.75, 3.05) is 6.54 Å². The van der Waals surface area contributed by atoms with E-state index in [2.05, 4.69) is 46.4 Å². The molecule has 2 atom stereocenters. The molecule has 20 heavy (non-hydrogen) atoms. The first kappa shape index (κ1) is 14.4. The summed E-state index contributed by atoms with van der Waals surface area (Å²) in [6, 6.07) is 6.93. The maximum absolute atomic E-state index is 6.02. The van der Waals surface area contributed by atoms with Crippen LogP contribution in [0.3, 0.4) is 0 Å². The molecule has 1 aromatic rings. The highest BCUT2D eigenvalue weighted by Crippen LogP contribution is 2.31. The molecule has 1 aliphatic heterocycles. The third kappa shape index (κ3) is 3.37. The maximum Gasteiger partial charge on any atom is 0.123 e. The van der Waals surface area contributed by atoms with Crippen molar-refractivity contribution in [1.29, 1.82) is 0 Å². The van der Waals surface area contributed by atoms with Crippen molar-refractivity contribution in [3.05, 3.63) is 28.2 Å². The van der Waals surface area contributed by atoms with Gasteiger partial charge in [0.1, 0.15) is 11.9 Å². The first-order valence-electron chi connectivity index (χ1n) is 7.91. The number of halogens is 1. The summed E-state index contributed by atoms with van der Waals surface area (Å²) in [6.45, 7) is 3.30. The van der Waals surface area contributed by atoms with Crippen LogP contribution in [0.5, 0.6) is 5.75 Å². The summed E-state index contributed by atoms with van der Waals surface area (Å²) in [5.41, 5.74) is 1.33. The molecule has 0 spiro atoms. The minimum Gasteiger partial charge on any atom is -0.488 e. The molecule has 3 rings (SSSR count). The van der Waals surface area contributed by atoms with Crippen molar-refractivity contribution < 1.29 is 4.74 Å². The van der Waals surface area contributed by atoms with Crippen LogP contribution in [0.4, 0.5) is 0 Å². The summed E-state index contributed by atoms with van der Waals surface area (Å²) in [5.74, 6) is 1.92. The zero-order valence-electron chi connectivity index (χ0n) is 12.2. The number of hydrogen-bond donors (Lipinski definition) is 1. The van der Waals surface area contributed by atoms with Crippen molar-refractivity contribution >= 4 is 15.9 Å². The van der Waals surface area contributed by atoms with Gasteiger partial charge in [0.05, 0.1) is 0 Å². The molecular formula is C17H24BrNO. The van der Waals surface area contributed by atoms with Crippen molar-refractivity contribution in [1.82, 2.24) is 5.32 Å². The van der Waals surface area contributed by atoms with E-state index in [0.29, 0.717) is 12.1 Å². The summed E-state index contributed by atoms with van der Waals surface area (Å²) in [7, 11) is 0. The molecular weight excluding hydrogens is 314 g/mol. The maximum atomic E-state index is 6.02. The second-order valence-corrected chi connectivity index (χ2v) is 7.21. The van der Waals surface area contributed by atoms with E-state index >= 15 is 0 Å². The Kier molecular flexibility index (Phi) is 4.67. The second-order valence-electron chi connectivity index (χ2n) is 6.29. The lowest BCUT2D eigenvalue weighted by Gasteiger charge is -2.29. The van der Waals surface area contributed by atoms with Crippen LogP contribution in [0.1, 0.15) is 44.6 Å². The van der Waals surface area contributed by atoms with Gasteiger partial charge in [-0.2, -0.15) is 0 Å². The van der Waals surface area contributed by atoms with E-state index < -0.39 is 0 Å². The number of rotatable bonds is 4. The molecule has 2 nitrogen and oxygen atoms in total. The topological polar surface area (TPSA) is 21.3 Å². The molecule has 1 aromatic carbocycles. The van der Waals surface area contributed by atoms with Crippen LogP contribution in [-0.4, -0.2) is 18.7 Å². The lowest BCUT2D eigenvalue weighted by atomic mass is 9.84. The lowest BCUT2D eigenvalue weighted by Crippen LogP contribution is -2.40. The third-order valence-corrected chi connectivity index (χ3v) is 5.28. The predicted octanol–water partition coefficient (Wildman–Crippen LogP) is 4.31. The van der Waals surface area contributed by atoms with Gasteiger partial charge in [-0.25, -0.2) is 0 Å². The van der Waals surface area contributed by atoms with E-state index in [4.69, 9.17) is 4.74 Å². The monoisotopic (exact) mass is 337 g/mol. The Hall–Kier alpha value is -0.540. The quantitative estimate of drug-likeness (QED) is 0.883. The van der Waals surface area contributed by atoms with Crippen molar-refractivity contribution in [2.24, 2.45) is 5.92 Å². The normalized spacial score (nSPS) is 24.2. The van der Waals surface area contributed by atoms with Crippen LogP contribution in [0.15, 0.2) is 22.7 Å². The van der Waals surface area contributed by atoms with Crippen LogP contribution >= 0.6 is 15.9 Å². The Morgan fingerprint density at radius 1 is 1.30 bits per heavy atom. The van der Waals surface area contributed by atoms with Gasteiger partial charge < -0.3 is 10.1 Å². The minimum atomic E-state index is 0.297. The smallest absolute Gasteiger partial charge is 0.123 e. The summed E-state index contributed by atoms with van der Waals surface area (Å²) < 4.78 is 7.16. The average Bonchev–Trinajstić information content (AvgIpc) is 2.87. The number of nitrogens with one attached hydrogen (secondary N) is 1. The van der Waals surface area contributed by atoms with Gasteiger partial charge in [-0.05, 0) is 49.4 Å². The minimum absolute atomic E-state index is 0.297. The Morgan fingerprint density at radius 2 is 2.10 bits per heavy atom. The molecule has 0 bridgehead atoms. The van der Waals surface area contributed by atoms with E-state index in [-0.39, 0.29) is 0 Å². The second kappa shape index (κ2) is 6.48. The Morgan fingerprint density at radius 3 is 2.90 bits per heavy atom. The van der Waals surface area contributed by atoms with Crippen molar-refractivity contribution in [3.63, 3.8) is 0 Å². The summed E-state index contributed by atoms with van der Waals surface area (Å²) >= 11 is 3.53. The summed E-state index contributed by atoms with van der Waals surface area (Å²) in [5, 5.41) is 3.71. The molecule has 110 valence electrons. The number of benzene rings is 1. The van der Waals surface area contributed by atoms with E-state index in [1.807, 2.05) is 0 Å². The Bertz CT molecular complexity index is 456. The fourth-order valence-corrected chi connectivity index (χ4v) is 3.93. The van der Waals surface area contributed by atoms with E-state index in [1.54, 1.807) is 0 Å². The van der Waals surface area contributed by atoms with E-state index in [0.717, 1.165) is 29.1 Å². The molecule has 2 aliphatic rings. The van der Waals surface area contributed by atoms with Gasteiger partial charge in [-0.15, -0.1) is 0 Å². The molecule has 0 radical (unpaired) electrons. The molecule has 0 amide bonds. The van der Waals surface area contributed by atoms with Crippen LogP contribution in [0, 0.1) is 5.92 Å². The molecule has 0 aromatic heterocycles. The lowest BCUT2D eigenvalue weighted by molar-refractivity contribution is 0.204. The SMILES string of the molecule is C[C@@H](NCC1Cc2cc(Br)ccc2O1)C1CCCCC1. The average molecular weight is 338 g/mol. The standard InChI is InChI=1S/C17H24BrNO/c1-12(13-5-3-2-4-6-13)19-11-16-10-14-9-15(18)7-8-17(14)20-16/h7-9,12-13,16,19H,2-6,10-11H2,1H3/t12-,16?/m1/s1. The molecule has 1 heterocycles. The first-order chi connectivity index (χ1) is 9.72. The highest BCUT2D eigenvalue weighted by atomic mass is 79.9. The van der Waals surface area contributed by atoms with E-state index in [1.165, 1.54) is 37.7 Å². The third-order valence-electron chi connectivity index (χ3n) is 4.79. The molecule has 1 fully saturated rings. The number of hydrogen-bond acceptors (Lipinski definition) is 2. The molecule has 1 saturated carbocycles. The van der Waals surface area contributed by atoms with Crippen LogP contribution < -0.4 is 10.1 Å². The molecule has 1 unspecified atom stereocenters. The Labute approximate surface area is 130 Å². The molecule has 1 aliphatic carbocycles. The highest BCUT2D eigenvalue weighted by Gasteiger charge is 2.25. The van der Waals surface area contributed by atoms with Gasteiger partial charge in [0.15, 0.2) is 0 Å². The van der Waals surface area contributed by atoms with Crippen molar-refractivity contribution in [2.45, 2.75) is 57.6 Å². The number of ether oxygens (including phenoxy) is 1. The molecule has 3 heteroatoms. The first-order valence-corrected chi connectivity index (χ1v) is 8.70. The van der Waals surface area contributed by atoms with Gasteiger partial charge in [0.25, 0.3) is 0 Å². The van der Waals surface area contributed by atoms with Crippen LogP contribution in [-0.2, 0) is 6.42 Å². The number of fused-ring (bicyclic) bond motifs is 1. The van der Waals surface area contributed by atoms with Gasteiger partial charge in [-0.3, -0.25) is 0 Å². The van der Waals surface area contributed by atoms with Gasteiger partial charge >= 0.3 is 0 Å². The van der Waals surface area contributed by atoms with Gasteiger partial charge in [0.2, 0.25) is 0 Å². The van der Waals surface area contributed by atoms with Gasteiger partial charge in [0, 0.05) is 23.5 Å². The van der Waals surface area contributed by atoms with Crippen LogP contribution in [0.2, 0.25) is 0 Å². The van der Waals surface area contributed by atoms with Gasteiger partial charge in [-0.1, -0.05) is 35.2 Å². The largest absolute Gasteiger partial charge is 0.488 e. The fourth-order valence-electron chi connectivity index (χ4n) is 3.52. The zero-order chi connectivity index (χ0) is 13.9.